The molecule has 0 N–H and O–H groups in total. The minimum atomic E-state index is -0.178. The van der Waals surface area contributed by atoms with E-state index in [4.69, 9.17) is 4.74 Å². The number of alkyl halides is 1. The number of unbranched alkanes of at least 4 members (excludes halogenated alkanes) is 6. The summed E-state index contributed by atoms with van der Waals surface area (Å²) in [7, 11) is 0. The molecule has 0 amide bonds. The molecule has 4 heteroatoms. The van der Waals surface area contributed by atoms with Crippen LogP contribution in [-0.2, 0) is 4.74 Å². The molecule has 0 fully saturated rings. The van der Waals surface area contributed by atoms with Crippen LogP contribution in [-0.4, -0.2) is 17.9 Å². The second-order valence-electron chi connectivity index (χ2n) is 4.28. The lowest BCUT2D eigenvalue weighted by Crippen LogP contribution is -2.04. The molecule has 1 aromatic heterocycles. The van der Waals surface area contributed by atoms with Gasteiger partial charge in [-0.1, -0.05) is 54.1 Å². The van der Waals surface area contributed by atoms with Crippen molar-refractivity contribution in [3.05, 3.63) is 22.4 Å². The SMILES string of the molecule is O=C(OCCCCCCCCCBr)c1cccs1. The highest BCUT2D eigenvalue weighted by molar-refractivity contribution is 9.09. The Morgan fingerprint density at radius 1 is 1.11 bits per heavy atom. The zero-order valence-electron chi connectivity index (χ0n) is 10.7. The predicted molar refractivity (Wildman–Crippen MR) is 80.7 cm³/mol. The third-order valence-electron chi connectivity index (χ3n) is 2.73. The van der Waals surface area contributed by atoms with Gasteiger partial charge in [-0.2, -0.15) is 0 Å². The van der Waals surface area contributed by atoms with Crippen LogP contribution in [0, 0.1) is 0 Å². The van der Waals surface area contributed by atoms with E-state index in [1.54, 1.807) is 6.07 Å². The summed E-state index contributed by atoms with van der Waals surface area (Å²) in [5.74, 6) is -0.178. The van der Waals surface area contributed by atoms with Crippen molar-refractivity contribution in [2.75, 3.05) is 11.9 Å². The molecule has 0 aliphatic heterocycles. The fraction of sp³-hybridized carbons (Fsp3) is 0.643. The lowest BCUT2D eigenvalue weighted by atomic mass is 10.1. The molecule has 1 heterocycles. The first-order valence-corrected chi connectivity index (χ1v) is 8.61. The standard InChI is InChI=1S/C14H21BrO2S/c15-10-6-4-2-1-3-5-7-11-17-14(16)13-9-8-12-18-13/h8-9,12H,1-7,10-11H2. The summed E-state index contributed by atoms with van der Waals surface area (Å²) in [6.45, 7) is 0.554. The van der Waals surface area contributed by atoms with Crippen molar-refractivity contribution in [1.29, 1.82) is 0 Å². The fourth-order valence-corrected chi connectivity index (χ4v) is 2.72. The minimum absolute atomic E-state index is 0.178. The second kappa shape index (κ2) is 10.6. The Labute approximate surface area is 122 Å². The summed E-state index contributed by atoms with van der Waals surface area (Å²) in [4.78, 5) is 12.2. The van der Waals surface area contributed by atoms with Crippen LogP contribution < -0.4 is 0 Å². The van der Waals surface area contributed by atoms with Crippen LogP contribution in [0.2, 0.25) is 0 Å². The summed E-state index contributed by atoms with van der Waals surface area (Å²) < 4.78 is 5.20. The number of hydrogen-bond acceptors (Lipinski definition) is 3. The molecule has 0 spiro atoms. The van der Waals surface area contributed by atoms with Crippen LogP contribution in [0.4, 0.5) is 0 Å². The highest BCUT2D eigenvalue weighted by atomic mass is 79.9. The van der Waals surface area contributed by atoms with Gasteiger partial charge in [-0.25, -0.2) is 4.79 Å². The van der Waals surface area contributed by atoms with Crippen molar-refractivity contribution < 1.29 is 9.53 Å². The zero-order chi connectivity index (χ0) is 13.1. The highest BCUT2D eigenvalue weighted by Gasteiger charge is 2.06. The van der Waals surface area contributed by atoms with Gasteiger partial charge in [-0.05, 0) is 24.3 Å². The van der Waals surface area contributed by atoms with Crippen molar-refractivity contribution in [3.8, 4) is 0 Å². The number of carbonyl (C=O) groups excluding carboxylic acids is 1. The molecule has 0 atom stereocenters. The second-order valence-corrected chi connectivity index (χ2v) is 6.02. The molecule has 0 aromatic carbocycles. The molecule has 2 nitrogen and oxygen atoms in total. The van der Waals surface area contributed by atoms with Gasteiger partial charge in [0.15, 0.2) is 0 Å². The van der Waals surface area contributed by atoms with Gasteiger partial charge < -0.3 is 4.74 Å². The Balaban J connectivity index is 1.88. The minimum Gasteiger partial charge on any atom is -0.462 e. The van der Waals surface area contributed by atoms with Gasteiger partial charge in [0.2, 0.25) is 0 Å². The molecule has 0 saturated carbocycles. The van der Waals surface area contributed by atoms with Crippen LogP contribution >= 0.6 is 27.3 Å². The number of hydrogen-bond donors (Lipinski definition) is 0. The average Bonchev–Trinajstić information content (AvgIpc) is 2.90. The quantitative estimate of drug-likeness (QED) is 0.341. The van der Waals surface area contributed by atoms with E-state index in [9.17, 15) is 4.79 Å². The van der Waals surface area contributed by atoms with E-state index >= 15 is 0 Å². The van der Waals surface area contributed by atoms with E-state index in [-0.39, 0.29) is 5.97 Å². The average molecular weight is 333 g/mol. The molecule has 18 heavy (non-hydrogen) atoms. The number of ether oxygens (including phenoxy) is 1. The number of thiophene rings is 1. The smallest absolute Gasteiger partial charge is 0.348 e. The van der Waals surface area contributed by atoms with Gasteiger partial charge in [-0.3, -0.25) is 0 Å². The summed E-state index contributed by atoms with van der Waals surface area (Å²) >= 11 is 4.87. The fourth-order valence-electron chi connectivity index (χ4n) is 1.71. The van der Waals surface area contributed by atoms with Gasteiger partial charge in [0, 0.05) is 5.33 Å². The van der Waals surface area contributed by atoms with Gasteiger partial charge in [0.25, 0.3) is 0 Å². The Bertz CT molecular complexity index is 312. The van der Waals surface area contributed by atoms with Crippen LogP contribution in [0.25, 0.3) is 0 Å². The molecule has 1 aromatic rings. The Hall–Kier alpha value is -0.350. The first-order chi connectivity index (χ1) is 8.84. The van der Waals surface area contributed by atoms with Crippen molar-refractivity contribution in [2.45, 2.75) is 44.9 Å². The zero-order valence-corrected chi connectivity index (χ0v) is 13.1. The lowest BCUT2D eigenvalue weighted by Gasteiger charge is -2.03. The maximum atomic E-state index is 11.5. The number of carbonyl (C=O) groups is 1. The molecule has 0 unspecified atom stereocenters. The van der Waals surface area contributed by atoms with Gasteiger partial charge in [-0.15, -0.1) is 11.3 Å². The van der Waals surface area contributed by atoms with Crippen molar-refractivity contribution in [2.24, 2.45) is 0 Å². The highest BCUT2D eigenvalue weighted by Crippen LogP contribution is 2.11. The largest absolute Gasteiger partial charge is 0.462 e. The molecule has 0 radical (unpaired) electrons. The summed E-state index contributed by atoms with van der Waals surface area (Å²) in [6, 6.07) is 3.67. The molecule has 0 aliphatic rings. The predicted octanol–water partition coefficient (Wildman–Crippen LogP) is 5.03. The summed E-state index contributed by atoms with van der Waals surface area (Å²) in [6.07, 6.45) is 8.60. The third-order valence-corrected chi connectivity index (χ3v) is 4.14. The molecule has 0 aliphatic carbocycles. The normalized spacial score (nSPS) is 10.5. The van der Waals surface area contributed by atoms with Crippen LogP contribution in [0.3, 0.4) is 0 Å². The van der Waals surface area contributed by atoms with Gasteiger partial charge in [0.05, 0.1) is 6.61 Å². The molecule has 0 saturated heterocycles. The van der Waals surface area contributed by atoms with E-state index < -0.39 is 0 Å². The van der Waals surface area contributed by atoms with E-state index in [2.05, 4.69) is 15.9 Å². The van der Waals surface area contributed by atoms with E-state index in [1.165, 1.54) is 43.4 Å². The maximum absolute atomic E-state index is 11.5. The van der Waals surface area contributed by atoms with Crippen molar-refractivity contribution >= 4 is 33.2 Å². The first-order valence-electron chi connectivity index (χ1n) is 6.61. The summed E-state index contributed by atoms with van der Waals surface area (Å²) in [5, 5.41) is 3.01. The third kappa shape index (κ3) is 7.17. The number of rotatable bonds is 10. The Morgan fingerprint density at radius 3 is 2.39 bits per heavy atom. The summed E-state index contributed by atoms with van der Waals surface area (Å²) in [5.41, 5.74) is 0. The maximum Gasteiger partial charge on any atom is 0.348 e. The van der Waals surface area contributed by atoms with E-state index in [1.807, 2.05) is 11.4 Å². The van der Waals surface area contributed by atoms with E-state index in [0.29, 0.717) is 11.5 Å². The molecule has 0 bridgehead atoms. The monoisotopic (exact) mass is 332 g/mol. The topological polar surface area (TPSA) is 26.3 Å². The molecule has 102 valence electrons. The Kier molecular flexibility index (Phi) is 9.22. The van der Waals surface area contributed by atoms with E-state index in [0.717, 1.165) is 18.2 Å². The van der Waals surface area contributed by atoms with Crippen LogP contribution in [0.1, 0.15) is 54.6 Å². The molecule has 1 rings (SSSR count). The van der Waals surface area contributed by atoms with Gasteiger partial charge in [0.1, 0.15) is 4.88 Å². The van der Waals surface area contributed by atoms with Crippen LogP contribution in [0.15, 0.2) is 17.5 Å². The van der Waals surface area contributed by atoms with Crippen molar-refractivity contribution in [1.82, 2.24) is 0 Å². The Morgan fingerprint density at radius 2 is 1.78 bits per heavy atom. The van der Waals surface area contributed by atoms with Crippen LogP contribution in [0.5, 0.6) is 0 Å². The number of halogens is 1. The molecular weight excluding hydrogens is 312 g/mol. The lowest BCUT2D eigenvalue weighted by molar-refractivity contribution is 0.0503. The molecular formula is C14H21BrO2S. The van der Waals surface area contributed by atoms with Crippen molar-refractivity contribution in [3.63, 3.8) is 0 Å². The first kappa shape index (κ1) is 15.7. The van der Waals surface area contributed by atoms with Gasteiger partial charge >= 0.3 is 5.97 Å². The number of esters is 1.